The minimum atomic E-state index is 0.107. The molecule has 0 bridgehead atoms. The number of hydrogen-bond acceptors (Lipinski definition) is 3. The van der Waals surface area contributed by atoms with Gasteiger partial charge in [0.15, 0.2) is 11.5 Å². The predicted octanol–water partition coefficient (Wildman–Crippen LogP) is 5.87. The molecule has 2 aliphatic carbocycles. The van der Waals surface area contributed by atoms with Crippen molar-refractivity contribution in [2.75, 3.05) is 0 Å². The quantitative estimate of drug-likeness (QED) is 0.401. The molecule has 0 saturated heterocycles. The molecule has 0 amide bonds. The van der Waals surface area contributed by atoms with Crippen molar-refractivity contribution in [2.45, 2.75) is 43.9 Å². The van der Waals surface area contributed by atoms with Gasteiger partial charge in [0, 0.05) is 27.1 Å². The molecule has 0 radical (unpaired) electrons. The van der Waals surface area contributed by atoms with Crippen LogP contribution in [0.5, 0.6) is 0 Å². The van der Waals surface area contributed by atoms with Crippen LogP contribution < -0.4 is 0 Å². The molecule has 4 aromatic rings. The minimum absolute atomic E-state index is 0.107. The maximum atomic E-state index is 6.21. The predicted molar refractivity (Wildman–Crippen MR) is 115 cm³/mol. The van der Waals surface area contributed by atoms with Crippen molar-refractivity contribution in [3.8, 4) is 22.6 Å². The maximum absolute atomic E-state index is 6.21. The molecule has 2 aromatic heterocycles. The third-order valence-corrected chi connectivity index (χ3v) is 6.85. The topological polar surface area (TPSA) is 43.1 Å². The number of aromatic nitrogens is 4. The van der Waals surface area contributed by atoms with E-state index in [9.17, 15) is 0 Å². The van der Waals surface area contributed by atoms with Gasteiger partial charge in [-0.3, -0.25) is 0 Å². The molecule has 0 N–H and O–H groups in total. The molecule has 0 atom stereocenters. The van der Waals surface area contributed by atoms with Crippen LogP contribution in [0.3, 0.4) is 0 Å². The summed E-state index contributed by atoms with van der Waals surface area (Å²) in [6, 6.07) is 16.5. The third-order valence-electron chi connectivity index (χ3n) is 6.61. The Balaban J connectivity index is 1.63. The van der Waals surface area contributed by atoms with Crippen molar-refractivity contribution in [1.29, 1.82) is 0 Å². The van der Waals surface area contributed by atoms with E-state index >= 15 is 0 Å². The molecule has 144 valence electrons. The summed E-state index contributed by atoms with van der Waals surface area (Å²) in [6.07, 6.45) is 9.10. The van der Waals surface area contributed by atoms with Gasteiger partial charge < -0.3 is 0 Å². The summed E-state index contributed by atoms with van der Waals surface area (Å²) >= 11 is 6.21. The Morgan fingerprint density at radius 1 is 0.966 bits per heavy atom. The van der Waals surface area contributed by atoms with Crippen LogP contribution in [0.2, 0.25) is 5.02 Å². The Morgan fingerprint density at radius 2 is 1.83 bits per heavy atom. The van der Waals surface area contributed by atoms with E-state index in [4.69, 9.17) is 26.7 Å². The second kappa shape index (κ2) is 6.39. The zero-order chi connectivity index (χ0) is 19.4. The van der Waals surface area contributed by atoms with Crippen molar-refractivity contribution in [3.05, 3.63) is 71.0 Å². The van der Waals surface area contributed by atoms with Crippen LogP contribution in [0.25, 0.3) is 28.3 Å². The lowest BCUT2D eigenvalue weighted by atomic mass is 9.62. The molecule has 0 aliphatic heterocycles. The SMILES string of the molecule is Clc1cccc(-c2nc3c4c(ncn3n2)-c2ccccc2CC42CCCCC2)c1. The lowest BCUT2D eigenvalue weighted by Crippen LogP contribution is -2.36. The summed E-state index contributed by atoms with van der Waals surface area (Å²) in [5.41, 5.74) is 7.02. The molecule has 29 heavy (non-hydrogen) atoms. The average Bonchev–Trinajstić information content (AvgIpc) is 3.19. The molecule has 5 heteroatoms. The second-order valence-corrected chi connectivity index (χ2v) is 8.79. The fraction of sp³-hybridized carbons (Fsp3) is 0.292. The molecule has 4 nitrogen and oxygen atoms in total. The lowest BCUT2D eigenvalue weighted by Gasteiger charge is -2.42. The van der Waals surface area contributed by atoms with Gasteiger partial charge >= 0.3 is 0 Å². The first-order valence-electron chi connectivity index (χ1n) is 10.3. The molecule has 0 unspecified atom stereocenters. The molecule has 1 fully saturated rings. The smallest absolute Gasteiger partial charge is 0.182 e. The highest BCUT2D eigenvalue weighted by Crippen LogP contribution is 2.50. The van der Waals surface area contributed by atoms with Crippen molar-refractivity contribution in [1.82, 2.24) is 19.6 Å². The zero-order valence-electron chi connectivity index (χ0n) is 16.1. The van der Waals surface area contributed by atoms with Gasteiger partial charge in [0.25, 0.3) is 0 Å². The second-order valence-electron chi connectivity index (χ2n) is 8.36. The molecule has 1 saturated carbocycles. The number of nitrogens with zero attached hydrogens (tertiary/aromatic N) is 4. The average molecular weight is 401 g/mol. The summed E-state index contributed by atoms with van der Waals surface area (Å²) in [7, 11) is 0. The number of fused-ring (bicyclic) bond motifs is 6. The van der Waals surface area contributed by atoms with E-state index in [0.717, 1.165) is 23.3 Å². The summed E-state index contributed by atoms with van der Waals surface area (Å²) in [4.78, 5) is 9.91. The van der Waals surface area contributed by atoms with Crippen molar-refractivity contribution in [2.24, 2.45) is 0 Å². The van der Waals surface area contributed by atoms with Gasteiger partial charge in [0.05, 0.1) is 5.69 Å². The highest BCUT2D eigenvalue weighted by atomic mass is 35.5. The first-order chi connectivity index (χ1) is 14.2. The fourth-order valence-corrected chi connectivity index (χ4v) is 5.50. The highest BCUT2D eigenvalue weighted by molar-refractivity contribution is 6.30. The standard InChI is InChI=1S/C24H21ClN4/c25-18-9-6-8-16(13-18)22-27-23-20-21(26-15-29(23)28-22)19-10-3-2-7-17(19)14-24(20)11-4-1-5-12-24/h2-3,6-10,13,15H,1,4-5,11-12,14H2. The van der Waals surface area contributed by atoms with E-state index in [1.54, 1.807) is 0 Å². The largest absolute Gasteiger partial charge is 0.236 e. The summed E-state index contributed by atoms with van der Waals surface area (Å²) < 4.78 is 1.86. The van der Waals surface area contributed by atoms with Crippen LogP contribution in [0.4, 0.5) is 0 Å². The summed E-state index contributed by atoms with van der Waals surface area (Å²) in [5, 5.41) is 5.44. The number of halogens is 1. The molecule has 6 rings (SSSR count). The highest BCUT2D eigenvalue weighted by Gasteiger charge is 2.42. The van der Waals surface area contributed by atoms with E-state index in [2.05, 4.69) is 24.3 Å². The summed E-state index contributed by atoms with van der Waals surface area (Å²) in [5.74, 6) is 0.701. The Labute approximate surface area is 174 Å². The normalized spacial score (nSPS) is 17.3. The van der Waals surface area contributed by atoms with Crippen LogP contribution >= 0.6 is 11.6 Å². The van der Waals surface area contributed by atoms with Gasteiger partial charge in [-0.2, -0.15) is 0 Å². The molecular formula is C24H21ClN4. The lowest BCUT2D eigenvalue weighted by molar-refractivity contribution is 0.288. The first-order valence-corrected chi connectivity index (χ1v) is 10.7. The third kappa shape index (κ3) is 2.62. The van der Waals surface area contributed by atoms with Gasteiger partial charge in [-0.1, -0.05) is 67.3 Å². The van der Waals surface area contributed by atoms with Gasteiger partial charge in [0.1, 0.15) is 6.33 Å². The van der Waals surface area contributed by atoms with Crippen molar-refractivity contribution < 1.29 is 0 Å². The molecule has 2 aliphatic rings. The number of hydrogen-bond donors (Lipinski definition) is 0. The molecule has 2 heterocycles. The van der Waals surface area contributed by atoms with E-state index in [1.165, 1.54) is 48.8 Å². The van der Waals surface area contributed by atoms with Crippen LogP contribution in [-0.4, -0.2) is 19.6 Å². The molecule has 2 aromatic carbocycles. The van der Waals surface area contributed by atoms with Gasteiger partial charge in [0.2, 0.25) is 0 Å². The Kier molecular flexibility index (Phi) is 3.78. The van der Waals surface area contributed by atoms with Crippen molar-refractivity contribution in [3.63, 3.8) is 0 Å². The van der Waals surface area contributed by atoms with Crippen LogP contribution in [0.1, 0.15) is 43.2 Å². The van der Waals surface area contributed by atoms with Crippen LogP contribution in [-0.2, 0) is 11.8 Å². The Hall–Kier alpha value is -2.72. The van der Waals surface area contributed by atoms with E-state index in [0.29, 0.717) is 10.8 Å². The van der Waals surface area contributed by atoms with E-state index in [-0.39, 0.29) is 5.41 Å². The van der Waals surface area contributed by atoms with Crippen molar-refractivity contribution >= 4 is 17.2 Å². The van der Waals surface area contributed by atoms with E-state index < -0.39 is 0 Å². The fourth-order valence-electron chi connectivity index (χ4n) is 5.31. The Morgan fingerprint density at radius 3 is 2.69 bits per heavy atom. The molecular weight excluding hydrogens is 380 g/mol. The number of benzene rings is 2. The van der Waals surface area contributed by atoms with Gasteiger partial charge in [-0.15, -0.1) is 5.10 Å². The minimum Gasteiger partial charge on any atom is -0.236 e. The van der Waals surface area contributed by atoms with E-state index in [1.807, 2.05) is 35.1 Å². The summed E-state index contributed by atoms with van der Waals surface area (Å²) in [6.45, 7) is 0. The van der Waals surface area contributed by atoms with Crippen LogP contribution in [0, 0.1) is 0 Å². The maximum Gasteiger partial charge on any atom is 0.182 e. The number of rotatable bonds is 1. The van der Waals surface area contributed by atoms with Gasteiger partial charge in [-0.05, 0) is 37.0 Å². The van der Waals surface area contributed by atoms with Gasteiger partial charge in [-0.25, -0.2) is 14.5 Å². The molecule has 1 spiro atoms. The Bertz CT molecular complexity index is 1240. The first kappa shape index (κ1) is 17.2. The monoisotopic (exact) mass is 400 g/mol. The van der Waals surface area contributed by atoms with Crippen LogP contribution in [0.15, 0.2) is 54.9 Å². The zero-order valence-corrected chi connectivity index (χ0v) is 16.9.